The Hall–Kier alpha value is 2.48. The molecule has 2 nitrogen and oxygen atoms in total. The van der Waals surface area contributed by atoms with Gasteiger partial charge in [0.05, 0.1) is 0 Å². The fourth-order valence-electron chi connectivity index (χ4n) is 0. The molecule has 0 aromatic heterocycles. The Morgan fingerprint density at radius 3 is 1.62 bits per heavy atom. The third-order valence-corrected chi connectivity index (χ3v) is 0.365. The van der Waals surface area contributed by atoms with Crippen LogP contribution < -0.4 is 0 Å². The minimum absolute atomic E-state index is 0. The van der Waals surface area contributed by atoms with Gasteiger partial charge in [0.1, 0.15) is 0 Å². The number of carboxylic acid groups (broad SMARTS) is 1. The molecule has 0 rings (SSSR count). The molecule has 0 fully saturated rings. The average molecular weight is 164 g/mol. The summed E-state index contributed by atoms with van der Waals surface area (Å²) < 4.78 is 0. The Morgan fingerprint density at radius 1 is 1.50 bits per heavy atom. The van der Waals surface area contributed by atoms with Crippen LogP contribution in [0.3, 0.4) is 0 Å². The van der Waals surface area contributed by atoms with Gasteiger partial charge in [0, 0.05) is 108 Å². The average Bonchev–Trinajstić information content (AvgIpc) is 1.36. The van der Waals surface area contributed by atoms with Crippen molar-refractivity contribution in [2.45, 2.75) is 6.92 Å². The van der Waals surface area contributed by atoms with Crippen LogP contribution in [-0.2, 0) is 4.79 Å². The van der Waals surface area contributed by atoms with Crippen molar-refractivity contribution in [1.29, 1.82) is 0 Å². The zero-order chi connectivity index (χ0) is 5.15. The molecule has 0 aliphatic heterocycles. The summed E-state index contributed by atoms with van der Waals surface area (Å²) >= 11 is 0. The molecule has 1 N–H and O–H groups in total. The van der Waals surface area contributed by atoms with E-state index in [9.17, 15) is 4.79 Å². The summed E-state index contributed by atoms with van der Waals surface area (Å²) in [5.74, 6) is -0.935. The minimum Gasteiger partial charge on any atom is -0.478 e. The number of hydrogen-bond donors (Lipinski definition) is 1. The van der Waals surface area contributed by atoms with Gasteiger partial charge in [-0.2, -0.15) is 0 Å². The molecular weight excluding hydrogens is 158 g/mol. The molecule has 0 spiro atoms. The molecular formula is C4H6K2O2. The van der Waals surface area contributed by atoms with E-state index < -0.39 is 5.97 Å². The molecule has 4 heteroatoms. The zero-order valence-electron chi connectivity index (χ0n) is 5.56. The summed E-state index contributed by atoms with van der Waals surface area (Å²) in [7, 11) is 0. The van der Waals surface area contributed by atoms with Gasteiger partial charge in [0.2, 0.25) is 0 Å². The van der Waals surface area contributed by atoms with Gasteiger partial charge in [-0.15, -0.1) is 0 Å². The van der Waals surface area contributed by atoms with E-state index >= 15 is 0 Å². The van der Waals surface area contributed by atoms with Crippen molar-refractivity contribution >= 4 is 109 Å². The Bertz CT molecular complexity index is 78.0. The molecule has 0 saturated heterocycles. The SMILES string of the molecule is C=C(C)C(=O)O.[K].[K]. The largest absolute Gasteiger partial charge is 0.478 e. The van der Waals surface area contributed by atoms with Gasteiger partial charge in [0.25, 0.3) is 0 Å². The van der Waals surface area contributed by atoms with Crippen LogP contribution in [0.5, 0.6) is 0 Å². The van der Waals surface area contributed by atoms with E-state index in [-0.39, 0.29) is 108 Å². The third kappa shape index (κ3) is 11.3. The summed E-state index contributed by atoms with van der Waals surface area (Å²) in [4.78, 5) is 9.60. The van der Waals surface area contributed by atoms with Crippen molar-refractivity contribution in [2.24, 2.45) is 0 Å². The van der Waals surface area contributed by atoms with Crippen LogP contribution in [0.25, 0.3) is 0 Å². The van der Waals surface area contributed by atoms with E-state index in [4.69, 9.17) is 5.11 Å². The van der Waals surface area contributed by atoms with Gasteiger partial charge in [-0.05, 0) is 6.92 Å². The van der Waals surface area contributed by atoms with Crippen molar-refractivity contribution in [2.75, 3.05) is 0 Å². The number of hydrogen-bond acceptors (Lipinski definition) is 1. The normalized spacial score (nSPS) is 5.62. The number of carboxylic acids is 1. The molecule has 0 heterocycles. The maximum Gasteiger partial charge on any atom is 0.330 e. The molecule has 0 aliphatic carbocycles. The summed E-state index contributed by atoms with van der Waals surface area (Å²) in [5.41, 5.74) is 0.176. The van der Waals surface area contributed by atoms with Crippen LogP contribution in [-0.4, -0.2) is 114 Å². The van der Waals surface area contributed by atoms with E-state index in [2.05, 4.69) is 6.58 Å². The van der Waals surface area contributed by atoms with Crippen molar-refractivity contribution in [3.63, 3.8) is 0 Å². The fourth-order valence-corrected chi connectivity index (χ4v) is 0. The first-order valence-electron chi connectivity index (χ1n) is 1.53. The van der Waals surface area contributed by atoms with E-state index in [0.29, 0.717) is 0 Å². The monoisotopic (exact) mass is 164 g/mol. The Labute approximate surface area is 134 Å². The molecule has 0 atom stereocenters. The standard InChI is InChI=1S/C4H6O2.2K/c1-3(2)4(5)6;;/h1H2,2H3,(H,5,6);;. The first-order chi connectivity index (χ1) is 2.64. The van der Waals surface area contributed by atoms with Crippen molar-refractivity contribution in [3.05, 3.63) is 12.2 Å². The van der Waals surface area contributed by atoms with Gasteiger partial charge in [-0.1, -0.05) is 6.58 Å². The molecule has 0 bridgehead atoms. The van der Waals surface area contributed by atoms with Crippen molar-refractivity contribution < 1.29 is 9.90 Å². The van der Waals surface area contributed by atoms with E-state index in [0.717, 1.165) is 0 Å². The summed E-state index contributed by atoms with van der Waals surface area (Å²) in [6.45, 7) is 4.60. The summed E-state index contributed by atoms with van der Waals surface area (Å²) in [5, 5.41) is 7.89. The number of aliphatic carboxylic acids is 1. The van der Waals surface area contributed by atoms with Gasteiger partial charge < -0.3 is 5.11 Å². The topological polar surface area (TPSA) is 37.3 Å². The van der Waals surface area contributed by atoms with E-state index in [1.54, 1.807) is 0 Å². The molecule has 0 amide bonds. The second-order valence-electron chi connectivity index (χ2n) is 1.09. The zero-order valence-corrected chi connectivity index (χ0v) is 11.8. The van der Waals surface area contributed by atoms with Crippen molar-refractivity contribution in [1.82, 2.24) is 0 Å². The van der Waals surface area contributed by atoms with Gasteiger partial charge in [-0.25, -0.2) is 4.79 Å². The molecule has 36 valence electrons. The van der Waals surface area contributed by atoms with Gasteiger partial charge >= 0.3 is 5.97 Å². The van der Waals surface area contributed by atoms with Crippen LogP contribution in [0.1, 0.15) is 6.92 Å². The second-order valence-corrected chi connectivity index (χ2v) is 1.09. The number of rotatable bonds is 1. The Kier molecular flexibility index (Phi) is 20.0. The predicted octanol–water partition coefficient (Wildman–Crippen LogP) is -0.115. The molecule has 0 aromatic carbocycles. The molecule has 0 aliphatic rings. The fraction of sp³-hybridized carbons (Fsp3) is 0.250. The van der Waals surface area contributed by atoms with E-state index in [1.165, 1.54) is 6.92 Å². The first kappa shape index (κ1) is 16.8. The van der Waals surface area contributed by atoms with Crippen LogP contribution in [0.2, 0.25) is 0 Å². The van der Waals surface area contributed by atoms with Crippen LogP contribution in [0, 0.1) is 0 Å². The molecule has 0 aromatic rings. The van der Waals surface area contributed by atoms with Crippen LogP contribution in [0.15, 0.2) is 12.2 Å². The third-order valence-electron chi connectivity index (χ3n) is 0.365. The molecule has 8 heavy (non-hydrogen) atoms. The maximum absolute atomic E-state index is 9.60. The van der Waals surface area contributed by atoms with Crippen LogP contribution >= 0.6 is 0 Å². The maximum atomic E-state index is 9.60. The van der Waals surface area contributed by atoms with Crippen LogP contribution in [0.4, 0.5) is 0 Å². The minimum atomic E-state index is -0.935. The summed E-state index contributed by atoms with van der Waals surface area (Å²) in [6, 6.07) is 0. The predicted molar refractivity (Wildman–Crippen MR) is 34.0 cm³/mol. The Morgan fingerprint density at radius 2 is 1.62 bits per heavy atom. The molecule has 2 radical (unpaired) electrons. The number of carbonyl (C=O) groups is 1. The Balaban J connectivity index is -0.000000125. The molecule has 0 saturated carbocycles. The second kappa shape index (κ2) is 9.48. The summed E-state index contributed by atoms with van der Waals surface area (Å²) in [6.07, 6.45) is 0. The quantitative estimate of drug-likeness (QED) is 0.433. The van der Waals surface area contributed by atoms with Crippen molar-refractivity contribution in [3.8, 4) is 0 Å². The first-order valence-corrected chi connectivity index (χ1v) is 1.53. The molecule has 0 unspecified atom stereocenters. The van der Waals surface area contributed by atoms with Gasteiger partial charge in [0.15, 0.2) is 0 Å². The smallest absolute Gasteiger partial charge is 0.330 e. The van der Waals surface area contributed by atoms with Gasteiger partial charge in [-0.3, -0.25) is 0 Å². The van der Waals surface area contributed by atoms with E-state index in [1.807, 2.05) is 0 Å².